The van der Waals surface area contributed by atoms with Crippen LogP contribution in [0.3, 0.4) is 0 Å². The summed E-state index contributed by atoms with van der Waals surface area (Å²) in [6.45, 7) is -2.36. The van der Waals surface area contributed by atoms with Gasteiger partial charge in [-0.2, -0.15) is 0 Å². The van der Waals surface area contributed by atoms with Gasteiger partial charge in [-0.15, -0.1) is 0 Å². The zero-order valence-electron chi connectivity index (χ0n) is 25.0. The molecule has 0 amide bonds. The number of rotatable bonds is 2. The van der Waals surface area contributed by atoms with Gasteiger partial charge in [0, 0.05) is 54.7 Å². The van der Waals surface area contributed by atoms with Crippen LogP contribution in [0.5, 0.6) is 0 Å². The molecule has 5 aromatic carbocycles. The Balaban J connectivity index is 1.37. The standard InChI is InChI=1S/C36H24BN3O/c1-23-19-20-26-27-21-33-29(22-34(27)41-36(26)38-23)37-28-15-8-9-16-30(28)39(24-11-4-2-5-12-24)31-17-10-18-32(35(31)37)40(33)25-13-6-3-7-14-25/h2-22H,1H3/i1D3. The fourth-order valence-electron chi connectivity index (χ4n) is 6.74. The number of pyridine rings is 1. The van der Waals surface area contributed by atoms with Gasteiger partial charge in [0.2, 0.25) is 5.71 Å². The van der Waals surface area contributed by atoms with E-state index < -0.39 is 6.85 Å². The summed E-state index contributed by atoms with van der Waals surface area (Å²) in [6.07, 6.45) is 0. The van der Waals surface area contributed by atoms with Crippen molar-refractivity contribution in [3.05, 3.63) is 133 Å². The second kappa shape index (κ2) is 8.36. The molecular weight excluding hydrogens is 501 g/mol. The Hall–Kier alpha value is -5.29. The average molecular weight is 528 g/mol. The van der Waals surface area contributed by atoms with Crippen LogP contribution in [0.15, 0.2) is 132 Å². The van der Waals surface area contributed by atoms with Gasteiger partial charge in [-0.05, 0) is 90.0 Å². The van der Waals surface area contributed by atoms with Crippen molar-refractivity contribution in [3.8, 4) is 0 Å². The quantitative estimate of drug-likeness (QED) is 0.219. The predicted octanol–water partition coefficient (Wildman–Crippen LogP) is 7.37. The summed E-state index contributed by atoms with van der Waals surface area (Å²) in [5.74, 6) is 0. The van der Waals surface area contributed by atoms with E-state index in [0.717, 1.165) is 50.4 Å². The van der Waals surface area contributed by atoms with E-state index in [2.05, 4.69) is 118 Å². The van der Waals surface area contributed by atoms with Crippen molar-refractivity contribution in [1.29, 1.82) is 0 Å². The maximum Gasteiger partial charge on any atom is 0.252 e. The number of furan rings is 1. The molecule has 0 aliphatic carbocycles. The molecule has 5 heteroatoms. The van der Waals surface area contributed by atoms with Crippen LogP contribution in [0, 0.1) is 6.85 Å². The van der Waals surface area contributed by atoms with Crippen molar-refractivity contribution in [2.24, 2.45) is 0 Å². The molecule has 4 nitrogen and oxygen atoms in total. The highest BCUT2D eigenvalue weighted by atomic mass is 16.3. The molecule has 0 saturated carbocycles. The SMILES string of the molecule is [2H]C([2H])([2H])c1ccc2c(n1)oc1cc3c(cc12)N(c1ccccc1)c1cccc2c1B3c1ccccc1N2c1ccccc1. The number of hydrogen-bond acceptors (Lipinski definition) is 4. The third-order valence-corrected chi connectivity index (χ3v) is 8.39. The van der Waals surface area contributed by atoms with Gasteiger partial charge in [-0.3, -0.25) is 0 Å². The van der Waals surface area contributed by atoms with E-state index in [1.165, 1.54) is 10.9 Å². The van der Waals surface area contributed by atoms with Gasteiger partial charge in [-0.1, -0.05) is 60.7 Å². The van der Waals surface area contributed by atoms with E-state index in [1.807, 2.05) is 18.2 Å². The number of benzene rings is 5. The van der Waals surface area contributed by atoms with Crippen molar-refractivity contribution in [3.63, 3.8) is 0 Å². The molecule has 2 aromatic heterocycles. The third kappa shape index (κ3) is 3.14. The summed E-state index contributed by atoms with van der Waals surface area (Å²) in [5.41, 5.74) is 11.2. The van der Waals surface area contributed by atoms with E-state index in [1.54, 1.807) is 6.07 Å². The summed E-state index contributed by atoms with van der Waals surface area (Å²) >= 11 is 0. The Morgan fingerprint density at radius 1 is 0.610 bits per heavy atom. The van der Waals surface area contributed by atoms with E-state index in [9.17, 15) is 0 Å². The van der Waals surface area contributed by atoms with Crippen molar-refractivity contribution >= 4 is 79.3 Å². The van der Waals surface area contributed by atoms with Gasteiger partial charge in [0.15, 0.2) is 0 Å². The number of hydrogen-bond donors (Lipinski definition) is 0. The van der Waals surface area contributed by atoms with E-state index in [0.29, 0.717) is 11.3 Å². The minimum atomic E-state index is -2.31. The van der Waals surface area contributed by atoms with E-state index in [4.69, 9.17) is 8.53 Å². The second-order valence-electron chi connectivity index (χ2n) is 10.6. The zero-order chi connectivity index (χ0) is 29.6. The summed E-state index contributed by atoms with van der Waals surface area (Å²) in [5, 5.41) is 1.70. The molecule has 41 heavy (non-hydrogen) atoms. The Kier molecular flexibility index (Phi) is 4.02. The number of aryl methyl sites for hydroxylation is 1. The van der Waals surface area contributed by atoms with Crippen molar-refractivity contribution < 1.29 is 8.53 Å². The molecule has 0 radical (unpaired) electrons. The second-order valence-corrected chi connectivity index (χ2v) is 10.6. The molecule has 0 bridgehead atoms. The summed E-state index contributed by atoms with van der Waals surface area (Å²) < 4.78 is 29.9. The highest BCUT2D eigenvalue weighted by molar-refractivity contribution is 7.00. The van der Waals surface area contributed by atoms with E-state index in [-0.39, 0.29) is 12.4 Å². The summed E-state index contributed by atoms with van der Waals surface area (Å²) in [7, 11) is 0. The fourth-order valence-corrected chi connectivity index (χ4v) is 6.74. The molecule has 0 atom stereocenters. The minimum absolute atomic E-state index is 0.0268. The molecular formula is C36H24BN3O. The lowest BCUT2D eigenvalue weighted by Gasteiger charge is -2.44. The van der Waals surface area contributed by atoms with Crippen LogP contribution in [0.2, 0.25) is 0 Å². The van der Waals surface area contributed by atoms with Gasteiger partial charge in [-0.25, -0.2) is 4.98 Å². The molecule has 0 spiro atoms. The number of fused-ring (bicyclic) bond motifs is 7. The molecule has 9 rings (SSSR count). The molecule has 0 saturated heterocycles. The number of anilines is 6. The lowest BCUT2D eigenvalue weighted by atomic mass is 9.33. The largest absolute Gasteiger partial charge is 0.438 e. The van der Waals surface area contributed by atoms with Crippen LogP contribution >= 0.6 is 0 Å². The van der Waals surface area contributed by atoms with Gasteiger partial charge in [0.25, 0.3) is 6.71 Å². The number of nitrogens with zero attached hydrogens (tertiary/aromatic N) is 3. The Morgan fingerprint density at radius 2 is 1.27 bits per heavy atom. The van der Waals surface area contributed by atoms with Crippen LogP contribution in [0.4, 0.5) is 34.1 Å². The predicted molar refractivity (Wildman–Crippen MR) is 170 cm³/mol. The average Bonchev–Trinajstić information content (AvgIpc) is 3.41. The Bertz CT molecular complexity index is 2250. The molecule has 0 unspecified atom stereocenters. The summed E-state index contributed by atoms with van der Waals surface area (Å²) in [4.78, 5) is 9.12. The maximum absolute atomic E-state index is 7.86. The van der Waals surface area contributed by atoms with Crippen LogP contribution in [0.25, 0.3) is 22.1 Å². The normalized spacial score (nSPS) is 14.7. The minimum Gasteiger partial charge on any atom is -0.438 e. The molecule has 2 aliphatic heterocycles. The number of aromatic nitrogens is 1. The molecule has 192 valence electrons. The van der Waals surface area contributed by atoms with Gasteiger partial charge in [0.1, 0.15) is 5.58 Å². The van der Waals surface area contributed by atoms with E-state index >= 15 is 0 Å². The first-order valence-corrected chi connectivity index (χ1v) is 13.8. The van der Waals surface area contributed by atoms with Crippen LogP contribution in [0.1, 0.15) is 9.81 Å². The van der Waals surface area contributed by atoms with Gasteiger partial charge in [0.05, 0.1) is 0 Å². The van der Waals surface area contributed by atoms with Crippen molar-refractivity contribution in [2.45, 2.75) is 6.85 Å². The van der Waals surface area contributed by atoms with Crippen LogP contribution in [-0.4, -0.2) is 11.7 Å². The number of para-hydroxylation sites is 3. The fraction of sp³-hybridized carbons (Fsp3) is 0.0278. The van der Waals surface area contributed by atoms with Gasteiger partial charge >= 0.3 is 0 Å². The zero-order valence-corrected chi connectivity index (χ0v) is 22.0. The Labute approximate surface area is 242 Å². The summed E-state index contributed by atoms with van der Waals surface area (Å²) in [6, 6.07) is 43.8. The maximum atomic E-state index is 7.86. The highest BCUT2D eigenvalue weighted by Gasteiger charge is 2.43. The van der Waals surface area contributed by atoms with Crippen molar-refractivity contribution in [1.82, 2.24) is 4.98 Å². The van der Waals surface area contributed by atoms with Crippen LogP contribution < -0.4 is 26.2 Å². The highest BCUT2D eigenvalue weighted by Crippen LogP contribution is 2.44. The smallest absolute Gasteiger partial charge is 0.252 e. The molecule has 2 aliphatic rings. The molecule has 0 N–H and O–H groups in total. The first-order chi connectivity index (χ1) is 21.5. The topological polar surface area (TPSA) is 32.5 Å². The van der Waals surface area contributed by atoms with Crippen molar-refractivity contribution in [2.75, 3.05) is 9.80 Å². The Morgan fingerprint density at radius 3 is 2.00 bits per heavy atom. The lowest BCUT2D eigenvalue weighted by Crippen LogP contribution is -2.61. The van der Waals surface area contributed by atoms with Crippen LogP contribution in [-0.2, 0) is 0 Å². The third-order valence-electron chi connectivity index (χ3n) is 8.39. The molecule has 4 heterocycles. The first-order valence-electron chi connectivity index (χ1n) is 15.3. The molecule has 0 fully saturated rings. The van der Waals surface area contributed by atoms with Gasteiger partial charge < -0.3 is 14.2 Å². The first kappa shape index (κ1) is 19.7. The lowest BCUT2D eigenvalue weighted by molar-refractivity contribution is 0.653. The monoisotopic (exact) mass is 528 g/mol. The molecule has 7 aromatic rings.